The molecule has 3 heterocycles. The zero-order chi connectivity index (χ0) is 27.0. The Balaban J connectivity index is 0.000000215. The molecule has 0 saturated carbocycles. The number of halogens is 1. The van der Waals surface area contributed by atoms with Crippen molar-refractivity contribution >= 4 is 29.1 Å². The van der Waals surface area contributed by atoms with Gasteiger partial charge in [-0.15, -0.1) is 0 Å². The monoisotopic (exact) mass is 594 g/mol. The van der Waals surface area contributed by atoms with Crippen LogP contribution in [0.15, 0.2) is 84.9 Å². The minimum Gasteiger partial charge on any atom is -1.00 e. The number of anilines is 2. The van der Waals surface area contributed by atoms with Gasteiger partial charge in [-0.05, 0) is 24.3 Å². The summed E-state index contributed by atoms with van der Waals surface area (Å²) in [6.45, 7) is 4.84. The lowest BCUT2D eigenvalue weighted by Gasteiger charge is -2.51. The van der Waals surface area contributed by atoms with Gasteiger partial charge in [-0.3, -0.25) is 9.59 Å². The summed E-state index contributed by atoms with van der Waals surface area (Å²) in [5, 5.41) is 3.19. The number of fused-ring (bicyclic) bond motifs is 3. The number of hydrogen-bond acceptors (Lipinski definition) is 6. The molecule has 6 rings (SSSR count). The molecule has 3 aliphatic heterocycles. The Hall–Kier alpha value is -3.49. The van der Waals surface area contributed by atoms with Gasteiger partial charge in [0.05, 0.1) is 31.5 Å². The van der Waals surface area contributed by atoms with Gasteiger partial charge in [0.25, 0.3) is 0 Å². The molecule has 3 aliphatic rings. The minimum atomic E-state index is -0.343. The molecule has 3 saturated heterocycles. The number of benzene rings is 3. The standard InChI is InChI=1S/C17H22NO3.C14H13NO2.BrH/c1-13(19)21-17-12-18(9-7-15(17)8-10-18)11-16(20)14-5-3-2-4-6-14;1-17-14(16)12-9-5-6-10-13(12)15-11-7-3-2-4-8-11;/h2-6,15,17H,7-12H2,1H3;2-10,15H,1H3;1H/q+1;;/p-1. The quantitative estimate of drug-likeness (QED) is 0.257. The van der Waals surface area contributed by atoms with E-state index < -0.39 is 0 Å². The Morgan fingerprint density at radius 3 is 2.08 bits per heavy atom. The second kappa shape index (κ2) is 14.1. The zero-order valence-electron chi connectivity index (χ0n) is 22.3. The highest BCUT2D eigenvalue weighted by molar-refractivity contribution is 5.97. The van der Waals surface area contributed by atoms with Crippen molar-refractivity contribution in [1.29, 1.82) is 0 Å². The Morgan fingerprint density at radius 2 is 1.46 bits per heavy atom. The van der Waals surface area contributed by atoms with Gasteiger partial charge in [0.15, 0.2) is 6.10 Å². The number of quaternary nitrogens is 1. The molecule has 0 spiro atoms. The second-order valence-electron chi connectivity index (χ2n) is 9.93. The highest BCUT2D eigenvalue weighted by atomic mass is 79.9. The summed E-state index contributed by atoms with van der Waals surface area (Å²) < 4.78 is 11.0. The minimum absolute atomic E-state index is 0. The number of hydrogen-bond donors (Lipinski definition) is 1. The third kappa shape index (κ3) is 8.00. The van der Waals surface area contributed by atoms with Crippen LogP contribution in [0.5, 0.6) is 0 Å². The van der Waals surface area contributed by atoms with E-state index in [2.05, 4.69) is 5.32 Å². The van der Waals surface area contributed by atoms with Crippen LogP contribution in [0, 0.1) is 5.92 Å². The van der Waals surface area contributed by atoms with Gasteiger partial charge in [-0.2, -0.15) is 0 Å². The van der Waals surface area contributed by atoms with Crippen molar-refractivity contribution in [1.82, 2.24) is 0 Å². The molecule has 0 aromatic heterocycles. The predicted molar refractivity (Wildman–Crippen MR) is 146 cm³/mol. The van der Waals surface area contributed by atoms with Crippen LogP contribution in [0.1, 0.15) is 40.5 Å². The Kier molecular flexibility index (Phi) is 10.8. The maximum Gasteiger partial charge on any atom is 0.339 e. The number of nitrogens with one attached hydrogen (secondary N) is 1. The Morgan fingerprint density at radius 1 is 0.872 bits per heavy atom. The zero-order valence-corrected chi connectivity index (χ0v) is 23.9. The van der Waals surface area contributed by atoms with Crippen molar-refractivity contribution < 1.29 is 45.3 Å². The van der Waals surface area contributed by atoms with Crippen LogP contribution in [0.2, 0.25) is 0 Å². The summed E-state index contributed by atoms with van der Waals surface area (Å²) in [6.07, 6.45) is 2.11. The second-order valence-corrected chi connectivity index (χ2v) is 9.93. The number of carbonyl (C=O) groups is 3. The number of carbonyl (C=O) groups excluding carboxylic acids is 3. The summed E-state index contributed by atoms with van der Waals surface area (Å²) in [5.74, 6) is 0.128. The fourth-order valence-electron chi connectivity index (χ4n) is 5.37. The maximum atomic E-state index is 12.5. The van der Waals surface area contributed by atoms with Crippen LogP contribution >= 0.6 is 0 Å². The molecule has 0 aliphatic carbocycles. The van der Waals surface area contributed by atoms with Gasteiger partial charge in [-0.25, -0.2) is 4.79 Å². The Bertz CT molecular complexity index is 1240. The van der Waals surface area contributed by atoms with Gasteiger partial charge in [0.1, 0.15) is 13.1 Å². The summed E-state index contributed by atoms with van der Waals surface area (Å²) >= 11 is 0. The van der Waals surface area contributed by atoms with Crippen molar-refractivity contribution in [2.24, 2.45) is 5.92 Å². The van der Waals surface area contributed by atoms with Gasteiger partial charge in [0, 0.05) is 36.9 Å². The molecule has 8 heteroatoms. The molecule has 3 aromatic carbocycles. The smallest absolute Gasteiger partial charge is 0.339 e. The van der Waals surface area contributed by atoms with Crippen LogP contribution in [0.3, 0.4) is 0 Å². The normalized spacial score (nSPS) is 20.9. The number of para-hydroxylation sites is 2. The molecule has 7 nitrogen and oxygen atoms in total. The maximum absolute atomic E-state index is 12.5. The number of methoxy groups -OCH3 is 1. The molecule has 206 valence electrons. The van der Waals surface area contributed by atoms with Crippen molar-refractivity contribution in [3.05, 3.63) is 96.1 Å². The summed E-state index contributed by atoms with van der Waals surface area (Å²) in [5.41, 5.74) is 2.98. The molecular weight excluding hydrogens is 560 g/mol. The lowest BCUT2D eigenvalue weighted by Crippen LogP contribution is -3.00. The fraction of sp³-hybridized carbons (Fsp3) is 0.323. The van der Waals surface area contributed by atoms with E-state index in [-0.39, 0.29) is 40.8 Å². The van der Waals surface area contributed by atoms with Crippen molar-refractivity contribution in [3.63, 3.8) is 0 Å². The molecule has 1 unspecified atom stereocenters. The number of nitrogens with zero attached hydrogens (tertiary/aromatic N) is 1. The number of rotatable bonds is 7. The number of piperidine rings is 3. The van der Waals surface area contributed by atoms with Crippen molar-refractivity contribution in [3.8, 4) is 0 Å². The molecule has 0 radical (unpaired) electrons. The van der Waals surface area contributed by atoms with E-state index in [1.54, 1.807) is 6.07 Å². The van der Waals surface area contributed by atoms with Crippen LogP contribution in [0.25, 0.3) is 0 Å². The summed E-state index contributed by atoms with van der Waals surface area (Å²) in [7, 11) is 1.38. The van der Waals surface area contributed by atoms with Crippen LogP contribution in [-0.4, -0.2) is 61.6 Å². The van der Waals surface area contributed by atoms with E-state index in [1.165, 1.54) is 14.0 Å². The lowest BCUT2D eigenvalue weighted by molar-refractivity contribution is -0.938. The largest absolute Gasteiger partial charge is 1.00 e. The first-order valence-electron chi connectivity index (χ1n) is 13.0. The fourth-order valence-corrected chi connectivity index (χ4v) is 5.37. The van der Waals surface area contributed by atoms with Crippen molar-refractivity contribution in [2.75, 3.05) is 38.6 Å². The van der Waals surface area contributed by atoms with E-state index in [0.29, 0.717) is 18.0 Å². The highest BCUT2D eigenvalue weighted by Gasteiger charge is 2.48. The molecule has 1 N–H and O–H groups in total. The van der Waals surface area contributed by atoms with E-state index in [9.17, 15) is 14.4 Å². The van der Waals surface area contributed by atoms with E-state index in [4.69, 9.17) is 9.47 Å². The molecule has 3 aromatic rings. The van der Waals surface area contributed by atoms with Crippen molar-refractivity contribution in [2.45, 2.75) is 25.9 Å². The number of ketones is 1. The van der Waals surface area contributed by atoms with Gasteiger partial charge in [-0.1, -0.05) is 60.7 Å². The number of Topliss-reactive ketones (excluding diaryl/α,β-unsaturated/α-hetero) is 1. The average molecular weight is 596 g/mol. The number of esters is 2. The third-order valence-corrected chi connectivity index (χ3v) is 7.32. The SMILES string of the molecule is CC(=O)OC1C[N+]2(CC(=O)c3ccccc3)CCC1CC2.COC(=O)c1ccccc1Nc1ccccc1.[Br-]. The molecule has 0 amide bonds. The molecule has 1 atom stereocenters. The lowest BCUT2D eigenvalue weighted by atomic mass is 9.83. The van der Waals surface area contributed by atoms with E-state index >= 15 is 0 Å². The predicted octanol–water partition coefficient (Wildman–Crippen LogP) is 2.26. The number of ether oxygens (including phenoxy) is 2. The van der Waals surface area contributed by atoms with E-state index in [0.717, 1.165) is 53.9 Å². The van der Waals surface area contributed by atoms with Gasteiger partial charge in [0.2, 0.25) is 5.78 Å². The first-order chi connectivity index (χ1) is 18.4. The summed E-state index contributed by atoms with van der Waals surface area (Å²) in [6, 6.07) is 26.4. The molecule has 2 bridgehead atoms. The Labute approximate surface area is 240 Å². The van der Waals surface area contributed by atoms with E-state index in [1.807, 2.05) is 78.9 Å². The first kappa shape index (κ1) is 30.1. The average Bonchev–Trinajstić information content (AvgIpc) is 2.94. The van der Waals surface area contributed by atoms with Gasteiger partial charge >= 0.3 is 11.9 Å². The van der Waals surface area contributed by atoms with Crippen LogP contribution < -0.4 is 22.3 Å². The molecular formula is C31H35BrN2O5. The molecule has 39 heavy (non-hydrogen) atoms. The molecule has 3 fully saturated rings. The highest BCUT2D eigenvalue weighted by Crippen LogP contribution is 2.35. The first-order valence-corrected chi connectivity index (χ1v) is 13.0. The topological polar surface area (TPSA) is 81.7 Å². The van der Waals surface area contributed by atoms with Crippen LogP contribution in [0.4, 0.5) is 11.4 Å². The van der Waals surface area contributed by atoms with Crippen LogP contribution in [-0.2, 0) is 14.3 Å². The van der Waals surface area contributed by atoms with Gasteiger partial charge < -0.3 is 36.3 Å². The summed E-state index contributed by atoms with van der Waals surface area (Å²) in [4.78, 5) is 35.3. The third-order valence-electron chi connectivity index (χ3n) is 7.32.